The van der Waals surface area contributed by atoms with Crippen LogP contribution in [0.15, 0.2) is 0 Å². The molecule has 3 nitrogen and oxygen atoms in total. The molecule has 0 aliphatic heterocycles. The van der Waals surface area contributed by atoms with Crippen LogP contribution in [0.3, 0.4) is 0 Å². The van der Waals surface area contributed by atoms with Crippen molar-refractivity contribution < 1.29 is 14.6 Å². The number of carboxylic acids is 1. The summed E-state index contributed by atoms with van der Waals surface area (Å²) in [4.78, 5) is 10.4. The lowest BCUT2D eigenvalue weighted by Crippen LogP contribution is -2.20. The van der Waals surface area contributed by atoms with Crippen LogP contribution in [0.5, 0.6) is 0 Å². The SMILES string of the molecule is CCCCCCC(C)OC(C)CC(=O)O. The summed E-state index contributed by atoms with van der Waals surface area (Å²) < 4.78 is 5.56. The van der Waals surface area contributed by atoms with Crippen LogP contribution in [0.25, 0.3) is 0 Å². The molecule has 0 saturated heterocycles. The number of aliphatic carboxylic acids is 1. The zero-order valence-electron chi connectivity index (χ0n) is 10.2. The third-order valence-corrected chi connectivity index (χ3v) is 2.39. The summed E-state index contributed by atoms with van der Waals surface area (Å²) >= 11 is 0. The predicted octanol–water partition coefficient (Wildman–Crippen LogP) is 3.23. The maximum atomic E-state index is 10.4. The number of ether oxygens (including phenoxy) is 1. The first kappa shape index (κ1) is 14.4. The van der Waals surface area contributed by atoms with E-state index in [2.05, 4.69) is 6.92 Å². The van der Waals surface area contributed by atoms with Crippen molar-refractivity contribution in [1.29, 1.82) is 0 Å². The number of rotatable bonds is 9. The van der Waals surface area contributed by atoms with Gasteiger partial charge in [-0.2, -0.15) is 0 Å². The lowest BCUT2D eigenvalue weighted by molar-refractivity contribution is -0.140. The van der Waals surface area contributed by atoms with Gasteiger partial charge in [-0.3, -0.25) is 4.79 Å². The van der Waals surface area contributed by atoms with Gasteiger partial charge in [-0.25, -0.2) is 0 Å². The van der Waals surface area contributed by atoms with Gasteiger partial charge >= 0.3 is 5.97 Å². The fraction of sp³-hybridized carbons (Fsp3) is 0.917. The molecule has 0 heterocycles. The first-order valence-corrected chi connectivity index (χ1v) is 5.93. The topological polar surface area (TPSA) is 46.5 Å². The first-order valence-electron chi connectivity index (χ1n) is 5.93. The molecule has 0 bridgehead atoms. The lowest BCUT2D eigenvalue weighted by Gasteiger charge is -2.17. The van der Waals surface area contributed by atoms with Gasteiger partial charge in [0.05, 0.1) is 18.6 Å². The van der Waals surface area contributed by atoms with Crippen molar-refractivity contribution in [2.75, 3.05) is 0 Å². The summed E-state index contributed by atoms with van der Waals surface area (Å²) in [5.41, 5.74) is 0. The van der Waals surface area contributed by atoms with Crippen LogP contribution in [0.2, 0.25) is 0 Å². The van der Waals surface area contributed by atoms with Gasteiger partial charge in [-0.1, -0.05) is 32.6 Å². The minimum absolute atomic E-state index is 0.0965. The fourth-order valence-corrected chi connectivity index (χ4v) is 1.62. The number of hydrogen-bond donors (Lipinski definition) is 1. The Morgan fingerprint density at radius 1 is 1.20 bits per heavy atom. The Morgan fingerprint density at radius 3 is 2.40 bits per heavy atom. The number of carbonyl (C=O) groups is 1. The molecule has 0 saturated carbocycles. The second-order valence-electron chi connectivity index (χ2n) is 4.20. The second kappa shape index (κ2) is 8.72. The van der Waals surface area contributed by atoms with E-state index in [0.717, 1.165) is 6.42 Å². The average molecular weight is 216 g/mol. The molecular weight excluding hydrogens is 192 g/mol. The molecule has 0 rings (SSSR count). The number of hydrogen-bond acceptors (Lipinski definition) is 2. The quantitative estimate of drug-likeness (QED) is 0.602. The summed E-state index contributed by atoms with van der Waals surface area (Å²) in [5, 5.41) is 8.56. The van der Waals surface area contributed by atoms with E-state index in [9.17, 15) is 4.79 Å². The minimum atomic E-state index is -0.791. The lowest BCUT2D eigenvalue weighted by atomic mass is 10.1. The predicted molar refractivity (Wildman–Crippen MR) is 61.0 cm³/mol. The van der Waals surface area contributed by atoms with Crippen LogP contribution >= 0.6 is 0 Å². The van der Waals surface area contributed by atoms with Gasteiger partial charge in [0, 0.05) is 0 Å². The smallest absolute Gasteiger partial charge is 0.305 e. The van der Waals surface area contributed by atoms with Gasteiger partial charge in [-0.15, -0.1) is 0 Å². The van der Waals surface area contributed by atoms with Gasteiger partial charge in [0.15, 0.2) is 0 Å². The van der Waals surface area contributed by atoms with Gasteiger partial charge in [0.1, 0.15) is 0 Å². The van der Waals surface area contributed by atoms with Crippen LogP contribution in [0.4, 0.5) is 0 Å². The molecule has 15 heavy (non-hydrogen) atoms. The Balaban J connectivity index is 3.46. The van der Waals surface area contributed by atoms with E-state index in [0.29, 0.717) is 0 Å². The zero-order chi connectivity index (χ0) is 11.7. The molecule has 2 atom stereocenters. The summed E-state index contributed by atoms with van der Waals surface area (Å²) in [6.07, 6.45) is 6.07. The third-order valence-electron chi connectivity index (χ3n) is 2.39. The molecule has 0 amide bonds. The van der Waals surface area contributed by atoms with E-state index >= 15 is 0 Å². The van der Waals surface area contributed by atoms with Crippen LogP contribution in [0, 0.1) is 0 Å². The second-order valence-corrected chi connectivity index (χ2v) is 4.20. The standard InChI is InChI=1S/C12H24O3/c1-4-5-6-7-8-10(2)15-11(3)9-12(13)14/h10-11H,4-9H2,1-3H3,(H,13,14). The summed E-state index contributed by atoms with van der Waals surface area (Å²) in [7, 11) is 0. The molecule has 0 aromatic carbocycles. The third kappa shape index (κ3) is 9.73. The van der Waals surface area contributed by atoms with E-state index in [4.69, 9.17) is 9.84 Å². The highest BCUT2D eigenvalue weighted by molar-refractivity contribution is 5.67. The first-order chi connectivity index (χ1) is 7.06. The molecule has 0 spiro atoms. The summed E-state index contributed by atoms with van der Waals surface area (Å²) in [6.45, 7) is 6.02. The number of unbranched alkanes of at least 4 members (excludes halogenated alkanes) is 3. The van der Waals surface area contributed by atoms with Crippen molar-refractivity contribution in [3.63, 3.8) is 0 Å². The van der Waals surface area contributed by atoms with E-state index in [1.54, 1.807) is 0 Å². The Bertz CT molecular complexity index is 168. The van der Waals surface area contributed by atoms with Crippen molar-refractivity contribution >= 4 is 5.97 Å². The Morgan fingerprint density at radius 2 is 1.87 bits per heavy atom. The molecule has 3 heteroatoms. The van der Waals surface area contributed by atoms with Gasteiger partial charge < -0.3 is 9.84 Å². The van der Waals surface area contributed by atoms with Crippen molar-refractivity contribution in [1.82, 2.24) is 0 Å². The molecule has 0 fully saturated rings. The maximum Gasteiger partial charge on any atom is 0.305 e. The molecule has 0 aliphatic rings. The normalized spacial score (nSPS) is 14.9. The van der Waals surface area contributed by atoms with Crippen molar-refractivity contribution in [3.8, 4) is 0 Å². The highest BCUT2D eigenvalue weighted by Crippen LogP contribution is 2.10. The van der Waals surface area contributed by atoms with Crippen LogP contribution in [-0.2, 0) is 9.53 Å². The summed E-state index contributed by atoms with van der Waals surface area (Å²) in [5.74, 6) is -0.791. The van der Waals surface area contributed by atoms with Crippen molar-refractivity contribution in [2.24, 2.45) is 0 Å². The molecule has 1 N–H and O–H groups in total. The van der Waals surface area contributed by atoms with Crippen molar-refractivity contribution in [3.05, 3.63) is 0 Å². The molecule has 0 aromatic heterocycles. The van der Waals surface area contributed by atoms with Crippen molar-refractivity contribution in [2.45, 2.75) is 71.5 Å². The maximum absolute atomic E-state index is 10.4. The Kier molecular flexibility index (Phi) is 8.38. The van der Waals surface area contributed by atoms with E-state index in [1.165, 1.54) is 25.7 Å². The minimum Gasteiger partial charge on any atom is -0.481 e. The van der Waals surface area contributed by atoms with Crippen LogP contribution < -0.4 is 0 Å². The van der Waals surface area contributed by atoms with Crippen LogP contribution in [0.1, 0.15) is 59.3 Å². The molecule has 2 unspecified atom stereocenters. The van der Waals surface area contributed by atoms with E-state index in [1.807, 2.05) is 13.8 Å². The highest BCUT2D eigenvalue weighted by Gasteiger charge is 2.11. The molecule has 90 valence electrons. The van der Waals surface area contributed by atoms with Gasteiger partial charge in [0.25, 0.3) is 0 Å². The zero-order valence-corrected chi connectivity index (χ0v) is 10.2. The fourth-order valence-electron chi connectivity index (χ4n) is 1.62. The van der Waals surface area contributed by atoms with E-state index in [-0.39, 0.29) is 18.6 Å². The van der Waals surface area contributed by atoms with Crippen LogP contribution in [-0.4, -0.2) is 23.3 Å². The van der Waals surface area contributed by atoms with E-state index < -0.39 is 5.97 Å². The highest BCUT2D eigenvalue weighted by atomic mass is 16.5. The molecule has 0 radical (unpaired) electrons. The Labute approximate surface area is 92.8 Å². The molecular formula is C12H24O3. The summed E-state index contributed by atoms with van der Waals surface area (Å²) in [6, 6.07) is 0. The molecule has 0 aliphatic carbocycles. The average Bonchev–Trinajstić information content (AvgIpc) is 2.10. The Hall–Kier alpha value is -0.570. The number of carboxylic acid groups (broad SMARTS) is 1. The largest absolute Gasteiger partial charge is 0.481 e. The van der Waals surface area contributed by atoms with Gasteiger partial charge in [-0.05, 0) is 20.3 Å². The molecule has 0 aromatic rings. The van der Waals surface area contributed by atoms with Gasteiger partial charge in [0.2, 0.25) is 0 Å². The monoisotopic (exact) mass is 216 g/mol.